The van der Waals surface area contributed by atoms with Gasteiger partial charge in [0.2, 0.25) is 0 Å². The summed E-state index contributed by atoms with van der Waals surface area (Å²) < 4.78 is 5.11. The number of pyridine rings is 1. The zero-order chi connectivity index (χ0) is 16.4. The predicted octanol–water partition coefficient (Wildman–Crippen LogP) is 2.63. The van der Waals surface area contributed by atoms with Gasteiger partial charge in [-0.3, -0.25) is 4.98 Å². The number of carbonyl (C=O) groups excluding carboxylic acids is 1. The van der Waals surface area contributed by atoms with Crippen LogP contribution in [0.1, 0.15) is 25.8 Å². The Morgan fingerprint density at radius 3 is 2.68 bits per heavy atom. The van der Waals surface area contributed by atoms with Gasteiger partial charge in [-0.2, -0.15) is 0 Å². The van der Waals surface area contributed by atoms with Crippen LogP contribution in [0, 0.1) is 6.92 Å². The van der Waals surface area contributed by atoms with Gasteiger partial charge >= 0.3 is 6.03 Å². The van der Waals surface area contributed by atoms with Crippen LogP contribution in [0.2, 0.25) is 0 Å². The second kappa shape index (κ2) is 10.2. The number of methoxy groups -OCH3 is 1. The summed E-state index contributed by atoms with van der Waals surface area (Å²) in [5.74, 6) is 0. The minimum absolute atomic E-state index is 0.0552. The molecule has 0 aliphatic carbocycles. The lowest BCUT2D eigenvalue weighted by atomic mass is 10.2. The molecular formula is C17H28N3O2. The highest BCUT2D eigenvalue weighted by atomic mass is 16.5. The number of amides is 2. The molecule has 0 saturated carbocycles. The van der Waals surface area contributed by atoms with Crippen molar-refractivity contribution in [3.05, 3.63) is 37.0 Å². The van der Waals surface area contributed by atoms with Crippen molar-refractivity contribution in [3.8, 4) is 0 Å². The molecule has 0 aliphatic heterocycles. The number of aromatic nitrogens is 1. The maximum Gasteiger partial charge on any atom is 0.320 e. The molecule has 1 rings (SSSR count). The van der Waals surface area contributed by atoms with Crippen LogP contribution in [-0.2, 0) is 11.2 Å². The summed E-state index contributed by atoms with van der Waals surface area (Å²) in [4.78, 5) is 20.6. The Kier molecular flexibility index (Phi) is 8.51. The van der Waals surface area contributed by atoms with Crippen LogP contribution in [-0.4, -0.2) is 60.2 Å². The van der Waals surface area contributed by atoms with E-state index in [9.17, 15) is 4.79 Å². The standard InChI is InChI=1S/C17H28N3O2/c1-5-10-19(11-8-16-7-6-9-18-14-16)17(21)20(15(2)3)12-13-22-4/h6-7,9,14-15H,1,5,8,10-13H2,2-4H3. The molecule has 0 fully saturated rings. The van der Waals surface area contributed by atoms with Gasteiger partial charge in [-0.05, 0) is 38.3 Å². The molecule has 1 aromatic heterocycles. The lowest BCUT2D eigenvalue weighted by Gasteiger charge is -2.33. The number of hydrogen-bond donors (Lipinski definition) is 0. The molecular weight excluding hydrogens is 278 g/mol. The Labute approximate surface area is 134 Å². The van der Waals surface area contributed by atoms with Gasteiger partial charge < -0.3 is 14.5 Å². The maximum atomic E-state index is 12.8. The summed E-state index contributed by atoms with van der Waals surface area (Å²) in [5.41, 5.74) is 1.14. The summed E-state index contributed by atoms with van der Waals surface area (Å²) in [6.07, 6.45) is 5.11. The van der Waals surface area contributed by atoms with Crippen LogP contribution in [0.25, 0.3) is 0 Å². The first-order valence-corrected chi connectivity index (χ1v) is 7.82. The first-order valence-electron chi connectivity index (χ1n) is 7.82. The fourth-order valence-electron chi connectivity index (χ4n) is 2.25. The second-order valence-corrected chi connectivity index (χ2v) is 5.51. The van der Waals surface area contributed by atoms with E-state index in [1.807, 2.05) is 42.0 Å². The van der Waals surface area contributed by atoms with Gasteiger partial charge in [0.25, 0.3) is 0 Å². The van der Waals surface area contributed by atoms with Crippen molar-refractivity contribution in [2.75, 3.05) is 33.4 Å². The number of carbonyl (C=O) groups is 1. The van der Waals surface area contributed by atoms with Gasteiger partial charge in [-0.1, -0.05) is 13.0 Å². The van der Waals surface area contributed by atoms with Crippen LogP contribution < -0.4 is 0 Å². The van der Waals surface area contributed by atoms with Crippen LogP contribution in [0.5, 0.6) is 0 Å². The SMILES string of the molecule is [CH2]CCN(CCc1cccnc1)C(=O)N(CCOC)C(C)C. The highest BCUT2D eigenvalue weighted by Crippen LogP contribution is 2.08. The largest absolute Gasteiger partial charge is 0.383 e. The second-order valence-electron chi connectivity index (χ2n) is 5.51. The Morgan fingerprint density at radius 2 is 2.14 bits per heavy atom. The first-order chi connectivity index (χ1) is 10.6. The van der Waals surface area contributed by atoms with Gasteiger partial charge in [-0.15, -0.1) is 0 Å². The lowest BCUT2D eigenvalue weighted by molar-refractivity contribution is 0.112. The Balaban J connectivity index is 2.68. The monoisotopic (exact) mass is 306 g/mol. The summed E-state index contributed by atoms with van der Waals surface area (Å²) in [7, 11) is 1.65. The van der Waals surface area contributed by atoms with Gasteiger partial charge in [0.1, 0.15) is 0 Å². The van der Waals surface area contributed by atoms with Crippen molar-refractivity contribution in [1.29, 1.82) is 0 Å². The van der Waals surface area contributed by atoms with E-state index in [4.69, 9.17) is 4.74 Å². The minimum Gasteiger partial charge on any atom is -0.383 e. The fraction of sp³-hybridized carbons (Fsp3) is 0.588. The fourth-order valence-corrected chi connectivity index (χ4v) is 2.25. The van der Waals surface area contributed by atoms with Gasteiger partial charge in [0.05, 0.1) is 6.61 Å². The molecule has 22 heavy (non-hydrogen) atoms. The molecule has 0 aliphatic rings. The summed E-state index contributed by atoms with van der Waals surface area (Å²) in [6, 6.07) is 4.15. The van der Waals surface area contributed by atoms with Crippen LogP contribution in [0.3, 0.4) is 0 Å². The molecule has 0 aromatic carbocycles. The zero-order valence-corrected chi connectivity index (χ0v) is 14.0. The van der Waals surface area contributed by atoms with Crippen molar-refractivity contribution in [1.82, 2.24) is 14.8 Å². The molecule has 1 aromatic rings. The van der Waals surface area contributed by atoms with Crippen LogP contribution in [0.4, 0.5) is 4.79 Å². The molecule has 1 heterocycles. The predicted molar refractivity (Wildman–Crippen MR) is 88.6 cm³/mol. The minimum atomic E-state index is 0.0552. The molecule has 123 valence electrons. The molecule has 0 N–H and O–H groups in total. The third kappa shape index (κ3) is 6.02. The lowest BCUT2D eigenvalue weighted by Crippen LogP contribution is -2.48. The van der Waals surface area contributed by atoms with E-state index in [0.717, 1.165) is 12.0 Å². The number of urea groups is 1. The summed E-state index contributed by atoms with van der Waals surface area (Å²) in [5, 5.41) is 0. The summed E-state index contributed by atoms with van der Waals surface area (Å²) in [6.45, 7) is 10.4. The molecule has 5 heteroatoms. The molecule has 0 bridgehead atoms. The Morgan fingerprint density at radius 1 is 1.36 bits per heavy atom. The van der Waals surface area contributed by atoms with Crippen LogP contribution in [0.15, 0.2) is 24.5 Å². The molecule has 1 radical (unpaired) electrons. The Hall–Kier alpha value is -1.62. The topological polar surface area (TPSA) is 45.7 Å². The van der Waals surface area contributed by atoms with E-state index in [1.165, 1.54) is 0 Å². The average Bonchev–Trinajstić information content (AvgIpc) is 2.52. The maximum absolute atomic E-state index is 12.8. The van der Waals surface area contributed by atoms with Crippen molar-refractivity contribution in [2.45, 2.75) is 32.7 Å². The molecule has 0 saturated heterocycles. The van der Waals surface area contributed by atoms with E-state index < -0.39 is 0 Å². The normalized spacial score (nSPS) is 10.8. The van der Waals surface area contributed by atoms with E-state index in [-0.39, 0.29) is 12.1 Å². The average molecular weight is 306 g/mol. The first kappa shape index (κ1) is 18.4. The molecule has 5 nitrogen and oxygen atoms in total. The van der Waals surface area contributed by atoms with E-state index >= 15 is 0 Å². The summed E-state index contributed by atoms with van der Waals surface area (Å²) >= 11 is 0. The number of nitrogens with zero attached hydrogens (tertiary/aromatic N) is 3. The Bertz CT molecular complexity index is 423. The van der Waals surface area contributed by atoms with Crippen molar-refractivity contribution >= 4 is 6.03 Å². The quantitative estimate of drug-likeness (QED) is 0.704. The molecule has 0 spiro atoms. The number of ether oxygens (including phenoxy) is 1. The van der Waals surface area contributed by atoms with E-state index in [2.05, 4.69) is 11.9 Å². The highest BCUT2D eigenvalue weighted by molar-refractivity contribution is 5.74. The van der Waals surface area contributed by atoms with Gasteiger partial charge in [0, 0.05) is 45.2 Å². The number of hydrogen-bond acceptors (Lipinski definition) is 3. The van der Waals surface area contributed by atoms with Crippen LogP contribution >= 0.6 is 0 Å². The third-order valence-corrected chi connectivity index (χ3v) is 3.50. The van der Waals surface area contributed by atoms with Crippen molar-refractivity contribution < 1.29 is 9.53 Å². The van der Waals surface area contributed by atoms with E-state index in [1.54, 1.807) is 13.3 Å². The van der Waals surface area contributed by atoms with E-state index in [0.29, 0.717) is 32.7 Å². The van der Waals surface area contributed by atoms with Gasteiger partial charge in [0.15, 0.2) is 0 Å². The smallest absolute Gasteiger partial charge is 0.320 e. The molecule has 0 atom stereocenters. The van der Waals surface area contributed by atoms with Crippen molar-refractivity contribution in [2.24, 2.45) is 0 Å². The number of rotatable bonds is 9. The molecule has 2 amide bonds. The zero-order valence-electron chi connectivity index (χ0n) is 14.0. The van der Waals surface area contributed by atoms with Gasteiger partial charge in [-0.25, -0.2) is 4.79 Å². The molecule has 0 unspecified atom stereocenters. The third-order valence-electron chi connectivity index (χ3n) is 3.50. The van der Waals surface area contributed by atoms with Crippen molar-refractivity contribution in [3.63, 3.8) is 0 Å². The highest BCUT2D eigenvalue weighted by Gasteiger charge is 2.22.